The van der Waals surface area contributed by atoms with Gasteiger partial charge in [-0.1, -0.05) is 18.5 Å². The Balaban J connectivity index is 1.87. The minimum atomic E-state index is -3.01. The average Bonchev–Trinajstić information content (AvgIpc) is 2.49. The first kappa shape index (κ1) is 17.2. The summed E-state index contributed by atoms with van der Waals surface area (Å²) in [5, 5.41) is 1.38. The molecule has 2 aromatic rings. The summed E-state index contributed by atoms with van der Waals surface area (Å²) in [5.74, 6) is 0.686. The van der Waals surface area contributed by atoms with E-state index < -0.39 is 9.84 Å². The van der Waals surface area contributed by atoms with Crippen LogP contribution in [0.4, 0.5) is 0 Å². The number of carbonyl (C=O) groups excluding carboxylic acids is 1. The molecule has 0 bridgehead atoms. The highest BCUT2D eigenvalue weighted by molar-refractivity contribution is 7.92. The summed E-state index contributed by atoms with van der Waals surface area (Å²) in [6, 6.07) is 5.08. The summed E-state index contributed by atoms with van der Waals surface area (Å²) < 4.78 is 29.6. The quantitative estimate of drug-likeness (QED) is 0.598. The number of carbonyl (C=O) groups is 1. The smallest absolute Gasteiger partial charge is 0.160 e. The molecule has 7 heteroatoms. The highest BCUT2D eigenvalue weighted by atomic mass is 35.5. The molecule has 1 heterocycles. The van der Waals surface area contributed by atoms with Crippen LogP contribution in [-0.2, 0) is 9.84 Å². The second kappa shape index (κ2) is 6.33. The van der Waals surface area contributed by atoms with Gasteiger partial charge in [-0.3, -0.25) is 4.79 Å². The molecule has 1 aliphatic carbocycles. The third-order valence-electron chi connectivity index (χ3n) is 4.46. The molecular weight excluding hydrogens is 350 g/mol. The average molecular weight is 368 g/mol. The highest BCUT2D eigenvalue weighted by Gasteiger charge is 2.39. The number of fused-ring (bicyclic) bond motifs is 1. The molecule has 1 aliphatic rings. The fourth-order valence-corrected chi connectivity index (χ4v) is 4.56. The van der Waals surface area contributed by atoms with Crippen molar-refractivity contribution in [3.63, 3.8) is 0 Å². The van der Waals surface area contributed by atoms with Crippen LogP contribution in [0.1, 0.15) is 37.0 Å². The molecule has 24 heavy (non-hydrogen) atoms. The fourth-order valence-electron chi connectivity index (χ4n) is 2.92. The Labute approximate surface area is 145 Å². The molecule has 0 atom stereocenters. The number of hydrogen-bond acceptors (Lipinski definition) is 5. The van der Waals surface area contributed by atoms with Crippen molar-refractivity contribution in [2.24, 2.45) is 0 Å². The van der Waals surface area contributed by atoms with Gasteiger partial charge in [0.25, 0.3) is 0 Å². The Hall–Kier alpha value is -1.66. The van der Waals surface area contributed by atoms with Gasteiger partial charge in [0.15, 0.2) is 15.6 Å². The summed E-state index contributed by atoms with van der Waals surface area (Å²) in [6.45, 7) is 3.16. The predicted octanol–water partition coefficient (Wildman–Crippen LogP) is 3.44. The highest BCUT2D eigenvalue weighted by Crippen LogP contribution is 2.35. The van der Waals surface area contributed by atoms with Gasteiger partial charge in [-0.2, -0.15) is 0 Å². The third kappa shape index (κ3) is 3.13. The molecule has 0 radical (unpaired) electrons. The van der Waals surface area contributed by atoms with Crippen molar-refractivity contribution in [2.75, 3.05) is 5.75 Å². The zero-order chi connectivity index (χ0) is 17.5. The zero-order valence-corrected chi connectivity index (χ0v) is 15.0. The molecule has 5 nitrogen and oxygen atoms in total. The number of sulfone groups is 1. The molecule has 1 fully saturated rings. The fraction of sp³-hybridized carbons (Fsp3) is 0.412. The van der Waals surface area contributed by atoms with Gasteiger partial charge in [-0.15, -0.1) is 0 Å². The number of nitrogens with zero attached hydrogens (tertiary/aromatic N) is 1. The number of halogens is 1. The Morgan fingerprint density at radius 2 is 2.04 bits per heavy atom. The number of aromatic nitrogens is 1. The standard InChI is InChI=1S/C17H18ClNO4S/c1-3-24(21,22)12-6-11(7-12)23-16-5-4-13(10(2)20)14-8-17(18)19-9-15(14)16/h4-5,8-9,11-12H,3,6-7H2,1-2H3/t11-,12+. The lowest BCUT2D eigenvalue weighted by atomic mass is 9.95. The maximum absolute atomic E-state index is 11.8. The zero-order valence-electron chi connectivity index (χ0n) is 13.5. The molecule has 0 aliphatic heterocycles. The molecule has 1 aromatic heterocycles. The van der Waals surface area contributed by atoms with E-state index in [0.29, 0.717) is 40.1 Å². The molecule has 0 spiro atoms. The summed E-state index contributed by atoms with van der Waals surface area (Å²) in [6.07, 6.45) is 2.43. The van der Waals surface area contributed by atoms with Crippen LogP contribution in [0, 0.1) is 0 Å². The van der Waals surface area contributed by atoms with Crippen LogP contribution in [0.15, 0.2) is 24.4 Å². The molecule has 0 saturated heterocycles. The molecule has 3 rings (SSSR count). The molecule has 1 aromatic carbocycles. The lowest BCUT2D eigenvalue weighted by Gasteiger charge is -2.34. The van der Waals surface area contributed by atoms with E-state index in [1.165, 1.54) is 6.92 Å². The maximum atomic E-state index is 11.8. The van der Waals surface area contributed by atoms with E-state index in [-0.39, 0.29) is 22.9 Å². The van der Waals surface area contributed by atoms with E-state index in [1.54, 1.807) is 31.3 Å². The van der Waals surface area contributed by atoms with Crippen molar-refractivity contribution >= 4 is 38.0 Å². The van der Waals surface area contributed by atoms with Gasteiger partial charge in [-0.25, -0.2) is 13.4 Å². The number of Topliss-reactive ketones (excluding diaryl/α,β-unsaturated/α-hetero) is 1. The molecule has 128 valence electrons. The van der Waals surface area contributed by atoms with Crippen LogP contribution < -0.4 is 4.74 Å². The predicted molar refractivity (Wildman–Crippen MR) is 93.7 cm³/mol. The van der Waals surface area contributed by atoms with Gasteiger partial charge in [-0.05, 0) is 25.1 Å². The van der Waals surface area contributed by atoms with Crippen LogP contribution in [0.5, 0.6) is 5.75 Å². The van der Waals surface area contributed by atoms with Gasteiger partial charge in [0.1, 0.15) is 17.0 Å². The number of benzene rings is 1. The largest absolute Gasteiger partial charge is 0.490 e. The molecule has 0 amide bonds. The van der Waals surface area contributed by atoms with E-state index in [0.717, 1.165) is 0 Å². The molecule has 0 N–H and O–H groups in total. The number of hydrogen-bond donors (Lipinski definition) is 0. The first-order chi connectivity index (χ1) is 11.3. The first-order valence-electron chi connectivity index (χ1n) is 7.79. The van der Waals surface area contributed by atoms with Gasteiger partial charge in [0.2, 0.25) is 0 Å². The van der Waals surface area contributed by atoms with Crippen molar-refractivity contribution in [1.29, 1.82) is 0 Å². The molecule has 0 unspecified atom stereocenters. The second-order valence-electron chi connectivity index (χ2n) is 6.00. The van der Waals surface area contributed by atoms with Crippen LogP contribution >= 0.6 is 11.6 Å². The van der Waals surface area contributed by atoms with Crippen molar-refractivity contribution < 1.29 is 17.9 Å². The minimum absolute atomic E-state index is 0.0634. The van der Waals surface area contributed by atoms with Crippen LogP contribution in [0.2, 0.25) is 5.15 Å². The second-order valence-corrected chi connectivity index (χ2v) is 8.96. The van der Waals surface area contributed by atoms with Gasteiger partial charge in [0.05, 0.1) is 5.25 Å². The molecular formula is C17H18ClNO4S. The van der Waals surface area contributed by atoms with E-state index in [4.69, 9.17) is 16.3 Å². The number of ketones is 1. The number of pyridine rings is 1. The summed E-state index contributed by atoms with van der Waals surface area (Å²) in [7, 11) is -3.01. The minimum Gasteiger partial charge on any atom is -0.490 e. The maximum Gasteiger partial charge on any atom is 0.160 e. The Morgan fingerprint density at radius 3 is 2.67 bits per heavy atom. The van der Waals surface area contributed by atoms with Gasteiger partial charge in [0, 0.05) is 41.1 Å². The van der Waals surface area contributed by atoms with Crippen molar-refractivity contribution in [3.8, 4) is 5.75 Å². The lowest BCUT2D eigenvalue weighted by Crippen LogP contribution is -2.43. The van der Waals surface area contributed by atoms with Crippen LogP contribution in [-0.4, -0.2) is 36.3 Å². The lowest BCUT2D eigenvalue weighted by molar-refractivity contribution is 0.101. The number of rotatable bonds is 5. The summed E-state index contributed by atoms with van der Waals surface area (Å²) >= 11 is 5.95. The summed E-state index contributed by atoms with van der Waals surface area (Å²) in [4.78, 5) is 15.9. The van der Waals surface area contributed by atoms with E-state index >= 15 is 0 Å². The van der Waals surface area contributed by atoms with E-state index in [9.17, 15) is 13.2 Å². The van der Waals surface area contributed by atoms with Crippen molar-refractivity contribution in [1.82, 2.24) is 4.98 Å². The van der Waals surface area contributed by atoms with Crippen LogP contribution in [0.25, 0.3) is 10.8 Å². The number of ether oxygens (including phenoxy) is 1. The van der Waals surface area contributed by atoms with Crippen molar-refractivity contribution in [2.45, 2.75) is 38.0 Å². The van der Waals surface area contributed by atoms with E-state index in [1.807, 2.05) is 0 Å². The first-order valence-corrected chi connectivity index (χ1v) is 9.88. The normalized spacial score (nSPS) is 20.6. The van der Waals surface area contributed by atoms with Crippen LogP contribution in [0.3, 0.4) is 0 Å². The Kier molecular flexibility index (Phi) is 4.53. The third-order valence-corrected chi connectivity index (χ3v) is 6.87. The van der Waals surface area contributed by atoms with E-state index in [2.05, 4.69) is 4.98 Å². The van der Waals surface area contributed by atoms with Gasteiger partial charge < -0.3 is 4.74 Å². The van der Waals surface area contributed by atoms with Crippen molar-refractivity contribution in [3.05, 3.63) is 35.1 Å². The summed E-state index contributed by atoms with van der Waals surface area (Å²) in [5.41, 5.74) is 0.557. The SMILES string of the molecule is CCS(=O)(=O)[C@H]1C[C@@H](Oc2ccc(C(C)=O)c3cc(Cl)ncc23)C1. The monoisotopic (exact) mass is 367 g/mol. The molecule has 1 saturated carbocycles. The Morgan fingerprint density at radius 1 is 1.33 bits per heavy atom. The van der Waals surface area contributed by atoms with Gasteiger partial charge >= 0.3 is 0 Å². The Bertz CT molecular complexity index is 904. The topological polar surface area (TPSA) is 73.3 Å².